The minimum absolute atomic E-state index is 0.00798. The Kier molecular flexibility index (Phi) is 3.73. The lowest BCUT2D eigenvalue weighted by Gasteiger charge is -2.29. The number of anilines is 2. The van der Waals surface area contributed by atoms with Crippen molar-refractivity contribution in [1.82, 2.24) is 0 Å². The number of benzene rings is 1. The van der Waals surface area contributed by atoms with Gasteiger partial charge in [0, 0.05) is 18.3 Å². The number of nitrogens with two attached hydrogens (primary N) is 2. The molecule has 6 heteroatoms. The van der Waals surface area contributed by atoms with E-state index in [1.807, 2.05) is 0 Å². The molecule has 0 aliphatic heterocycles. The first kappa shape index (κ1) is 14.1. The highest BCUT2D eigenvalue weighted by Crippen LogP contribution is 2.33. The smallest absolute Gasteiger partial charge is 0.240 e. The molecule has 0 atom stereocenters. The van der Waals surface area contributed by atoms with Crippen molar-refractivity contribution in [2.45, 2.75) is 37.6 Å². The molecule has 1 saturated carbocycles. The summed E-state index contributed by atoms with van der Waals surface area (Å²) < 4.78 is 22.7. The molecule has 1 fully saturated rings. The number of hydrogen-bond donors (Lipinski definition) is 2. The largest absolute Gasteiger partial charge is 0.398 e. The maximum atomic E-state index is 11.3. The molecule has 19 heavy (non-hydrogen) atoms. The zero-order valence-corrected chi connectivity index (χ0v) is 12.2. The molecule has 1 aliphatic carbocycles. The Morgan fingerprint density at radius 3 is 2.42 bits per heavy atom. The Labute approximate surface area is 114 Å². The molecule has 1 aromatic carbocycles. The lowest BCUT2D eigenvalue weighted by molar-refractivity contribution is 0.598. The van der Waals surface area contributed by atoms with Crippen LogP contribution in [0.1, 0.15) is 26.7 Å². The second-order valence-electron chi connectivity index (χ2n) is 5.46. The van der Waals surface area contributed by atoms with Crippen LogP contribution < -0.4 is 15.8 Å². The Hall–Kier alpha value is -1.27. The standard InChI is InChI=1S/C13H21N3O2S/c1-9(2)16(8-10-3-4-10)11-5-6-13(12(14)7-11)19(15,17)18/h5-7,9-10H,3-4,8,14H2,1-2H3,(H2,15,17,18). The van der Waals surface area contributed by atoms with E-state index in [0.717, 1.165) is 18.2 Å². The molecule has 1 aromatic rings. The van der Waals surface area contributed by atoms with Gasteiger partial charge in [0.25, 0.3) is 0 Å². The third-order valence-electron chi connectivity index (χ3n) is 3.41. The van der Waals surface area contributed by atoms with Crippen molar-refractivity contribution in [2.24, 2.45) is 11.1 Å². The summed E-state index contributed by atoms with van der Waals surface area (Å²) >= 11 is 0. The van der Waals surface area contributed by atoms with Crippen molar-refractivity contribution in [3.63, 3.8) is 0 Å². The molecule has 4 N–H and O–H groups in total. The first-order valence-electron chi connectivity index (χ1n) is 6.48. The lowest BCUT2D eigenvalue weighted by atomic mass is 10.2. The zero-order valence-electron chi connectivity index (χ0n) is 11.3. The molecule has 0 bridgehead atoms. The highest BCUT2D eigenvalue weighted by molar-refractivity contribution is 7.89. The van der Waals surface area contributed by atoms with Crippen molar-refractivity contribution in [2.75, 3.05) is 17.2 Å². The second kappa shape index (κ2) is 5.02. The lowest BCUT2D eigenvalue weighted by Crippen LogP contribution is -2.32. The van der Waals surface area contributed by atoms with Crippen LogP contribution in [-0.2, 0) is 10.0 Å². The quantitative estimate of drug-likeness (QED) is 0.802. The van der Waals surface area contributed by atoms with E-state index in [1.165, 1.54) is 18.9 Å². The summed E-state index contributed by atoms with van der Waals surface area (Å²) in [4.78, 5) is 2.24. The molecule has 0 spiro atoms. The molecule has 5 nitrogen and oxygen atoms in total. The topological polar surface area (TPSA) is 89.4 Å². The Morgan fingerprint density at radius 1 is 1.37 bits per heavy atom. The van der Waals surface area contributed by atoms with E-state index in [4.69, 9.17) is 10.9 Å². The summed E-state index contributed by atoms with van der Waals surface area (Å²) in [5, 5.41) is 5.11. The molecular formula is C13H21N3O2S. The van der Waals surface area contributed by atoms with Crippen LogP contribution in [0.4, 0.5) is 11.4 Å². The molecular weight excluding hydrogens is 262 g/mol. The van der Waals surface area contributed by atoms with Gasteiger partial charge >= 0.3 is 0 Å². The third kappa shape index (κ3) is 3.39. The fourth-order valence-electron chi connectivity index (χ4n) is 2.17. The van der Waals surface area contributed by atoms with Gasteiger partial charge in [-0.2, -0.15) is 0 Å². The van der Waals surface area contributed by atoms with E-state index in [9.17, 15) is 8.42 Å². The number of primary sulfonamides is 1. The normalized spacial score (nSPS) is 15.8. The predicted octanol–water partition coefficient (Wildman–Crippen LogP) is 1.54. The van der Waals surface area contributed by atoms with Gasteiger partial charge in [-0.25, -0.2) is 13.6 Å². The van der Waals surface area contributed by atoms with Crippen molar-refractivity contribution >= 4 is 21.4 Å². The molecule has 0 saturated heterocycles. The zero-order chi connectivity index (χ0) is 14.2. The van der Waals surface area contributed by atoms with Crippen LogP contribution in [0, 0.1) is 5.92 Å². The Bertz CT molecular complexity index is 565. The summed E-state index contributed by atoms with van der Waals surface area (Å²) in [6, 6.07) is 5.31. The molecule has 1 aliphatic rings. The minimum Gasteiger partial charge on any atom is -0.398 e. The Balaban J connectivity index is 2.31. The van der Waals surface area contributed by atoms with Crippen molar-refractivity contribution in [3.8, 4) is 0 Å². The molecule has 0 heterocycles. The van der Waals surface area contributed by atoms with Crippen LogP contribution in [0.3, 0.4) is 0 Å². The van der Waals surface area contributed by atoms with Crippen LogP contribution in [0.25, 0.3) is 0 Å². The first-order chi connectivity index (χ1) is 8.79. The fourth-order valence-corrected chi connectivity index (χ4v) is 2.81. The van der Waals surface area contributed by atoms with E-state index < -0.39 is 10.0 Å². The van der Waals surface area contributed by atoms with Gasteiger partial charge in [-0.05, 0) is 50.8 Å². The molecule has 0 unspecified atom stereocenters. The maximum absolute atomic E-state index is 11.3. The van der Waals surface area contributed by atoms with Gasteiger partial charge in [0.1, 0.15) is 4.90 Å². The second-order valence-corrected chi connectivity index (χ2v) is 6.99. The molecule has 2 rings (SSSR count). The monoisotopic (exact) mass is 283 g/mol. The first-order valence-corrected chi connectivity index (χ1v) is 8.02. The fraction of sp³-hybridized carbons (Fsp3) is 0.538. The van der Waals surface area contributed by atoms with Gasteiger partial charge in [0.15, 0.2) is 0 Å². The maximum Gasteiger partial charge on any atom is 0.240 e. The summed E-state index contributed by atoms with van der Waals surface area (Å²) in [5.41, 5.74) is 6.97. The molecule has 0 radical (unpaired) electrons. The van der Waals surface area contributed by atoms with Crippen LogP contribution in [0.5, 0.6) is 0 Å². The SMILES string of the molecule is CC(C)N(CC1CC1)c1ccc(S(N)(=O)=O)c(N)c1. The Morgan fingerprint density at radius 2 is 2.00 bits per heavy atom. The van der Waals surface area contributed by atoms with Crippen LogP contribution >= 0.6 is 0 Å². The molecule has 0 aromatic heterocycles. The highest BCUT2D eigenvalue weighted by Gasteiger charge is 2.26. The average Bonchev–Trinajstić information content (AvgIpc) is 3.07. The van der Waals surface area contributed by atoms with E-state index in [2.05, 4.69) is 18.7 Å². The highest BCUT2D eigenvalue weighted by atomic mass is 32.2. The van der Waals surface area contributed by atoms with Gasteiger partial charge < -0.3 is 10.6 Å². The number of nitrogen functional groups attached to an aromatic ring is 1. The van der Waals surface area contributed by atoms with Gasteiger partial charge in [-0.3, -0.25) is 0 Å². The van der Waals surface area contributed by atoms with E-state index in [0.29, 0.717) is 6.04 Å². The van der Waals surface area contributed by atoms with Gasteiger partial charge in [-0.15, -0.1) is 0 Å². The molecule has 0 amide bonds. The summed E-state index contributed by atoms with van der Waals surface area (Å²) in [5.74, 6) is 0.751. The van der Waals surface area contributed by atoms with Crippen LogP contribution in [0.2, 0.25) is 0 Å². The van der Waals surface area contributed by atoms with E-state index in [-0.39, 0.29) is 10.6 Å². The van der Waals surface area contributed by atoms with Crippen LogP contribution in [0.15, 0.2) is 23.1 Å². The average molecular weight is 283 g/mol. The molecule has 106 valence electrons. The van der Waals surface area contributed by atoms with Gasteiger partial charge in [0.2, 0.25) is 10.0 Å². The van der Waals surface area contributed by atoms with Crippen molar-refractivity contribution < 1.29 is 8.42 Å². The summed E-state index contributed by atoms with van der Waals surface area (Å²) in [7, 11) is -3.75. The number of sulfonamides is 1. The van der Waals surface area contributed by atoms with Gasteiger partial charge in [-0.1, -0.05) is 0 Å². The summed E-state index contributed by atoms with van der Waals surface area (Å²) in [6.45, 7) is 5.23. The van der Waals surface area contributed by atoms with Gasteiger partial charge in [0.05, 0.1) is 5.69 Å². The third-order valence-corrected chi connectivity index (χ3v) is 4.39. The van der Waals surface area contributed by atoms with E-state index >= 15 is 0 Å². The van der Waals surface area contributed by atoms with Crippen LogP contribution in [-0.4, -0.2) is 21.0 Å². The number of hydrogen-bond acceptors (Lipinski definition) is 4. The minimum atomic E-state index is -3.75. The number of nitrogens with zero attached hydrogens (tertiary/aromatic N) is 1. The number of rotatable bonds is 5. The van der Waals surface area contributed by atoms with Crippen molar-refractivity contribution in [3.05, 3.63) is 18.2 Å². The predicted molar refractivity (Wildman–Crippen MR) is 77.4 cm³/mol. The summed E-state index contributed by atoms with van der Waals surface area (Å²) in [6.07, 6.45) is 2.54. The van der Waals surface area contributed by atoms with Crippen molar-refractivity contribution in [1.29, 1.82) is 0 Å². The van der Waals surface area contributed by atoms with E-state index in [1.54, 1.807) is 12.1 Å².